The van der Waals surface area contributed by atoms with Gasteiger partial charge in [-0.3, -0.25) is 4.68 Å². The predicted molar refractivity (Wildman–Crippen MR) is 84.0 cm³/mol. The molecule has 0 spiro atoms. The van der Waals surface area contributed by atoms with Crippen LogP contribution in [0.25, 0.3) is 0 Å². The van der Waals surface area contributed by atoms with Crippen LogP contribution in [0.5, 0.6) is 0 Å². The van der Waals surface area contributed by atoms with Crippen molar-refractivity contribution in [1.29, 1.82) is 0 Å². The number of aryl methyl sites for hydroxylation is 4. The molecule has 3 heteroatoms. The van der Waals surface area contributed by atoms with Crippen molar-refractivity contribution in [2.75, 3.05) is 6.54 Å². The minimum atomic E-state index is 0.205. The van der Waals surface area contributed by atoms with E-state index in [-0.39, 0.29) is 6.04 Å². The largest absolute Gasteiger partial charge is 0.305 e. The lowest BCUT2D eigenvalue weighted by atomic mass is 9.98. The summed E-state index contributed by atoms with van der Waals surface area (Å²) in [5, 5.41) is 8.17. The van der Waals surface area contributed by atoms with Crippen LogP contribution in [0.15, 0.2) is 24.3 Å². The van der Waals surface area contributed by atoms with Crippen LogP contribution in [0.4, 0.5) is 0 Å². The van der Waals surface area contributed by atoms with Gasteiger partial charge in [-0.2, -0.15) is 5.10 Å². The fourth-order valence-corrected chi connectivity index (χ4v) is 2.76. The Morgan fingerprint density at radius 1 is 1.10 bits per heavy atom. The second-order valence-corrected chi connectivity index (χ2v) is 5.45. The molecule has 0 aliphatic heterocycles. The normalized spacial score (nSPS) is 12.7. The third-order valence-corrected chi connectivity index (χ3v) is 3.61. The van der Waals surface area contributed by atoms with Crippen LogP contribution >= 0.6 is 0 Å². The molecule has 3 nitrogen and oxygen atoms in total. The van der Waals surface area contributed by atoms with Gasteiger partial charge in [-0.15, -0.1) is 0 Å². The molecule has 0 radical (unpaired) electrons. The van der Waals surface area contributed by atoms with Gasteiger partial charge in [0.05, 0.1) is 17.4 Å². The van der Waals surface area contributed by atoms with Crippen LogP contribution in [0.2, 0.25) is 0 Å². The number of hydrogen-bond donors (Lipinski definition) is 1. The van der Waals surface area contributed by atoms with Gasteiger partial charge in [0, 0.05) is 7.05 Å². The SMILES string of the molecule is CCNC(c1cc(C)cc(C)c1)c1cc(CC)nn1C. The van der Waals surface area contributed by atoms with E-state index in [1.807, 2.05) is 11.7 Å². The van der Waals surface area contributed by atoms with E-state index in [4.69, 9.17) is 0 Å². The minimum absolute atomic E-state index is 0.205. The average molecular weight is 271 g/mol. The molecule has 0 aliphatic rings. The summed E-state index contributed by atoms with van der Waals surface area (Å²) in [6, 6.07) is 9.16. The van der Waals surface area contributed by atoms with E-state index in [9.17, 15) is 0 Å². The lowest BCUT2D eigenvalue weighted by Gasteiger charge is -2.20. The number of rotatable bonds is 5. The third kappa shape index (κ3) is 3.10. The maximum Gasteiger partial charge on any atom is 0.0748 e. The first-order valence-electron chi connectivity index (χ1n) is 7.39. The predicted octanol–water partition coefficient (Wildman–Crippen LogP) is 3.30. The van der Waals surface area contributed by atoms with Crippen molar-refractivity contribution in [3.05, 3.63) is 52.3 Å². The molecule has 0 saturated heterocycles. The molecule has 1 heterocycles. The smallest absolute Gasteiger partial charge is 0.0748 e. The Hall–Kier alpha value is -1.61. The first kappa shape index (κ1) is 14.8. The number of nitrogens with one attached hydrogen (secondary N) is 1. The maximum absolute atomic E-state index is 4.58. The van der Waals surface area contributed by atoms with Crippen molar-refractivity contribution in [1.82, 2.24) is 15.1 Å². The van der Waals surface area contributed by atoms with Crippen LogP contribution in [-0.4, -0.2) is 16.3 Å². The van der Waals surface area contributed by atoms with E-state index in [2.05, 4.69) is 62.4 Å². The Kier molecular flexibility index (Phi) is 4.61. The summed E-state index contributed by atoms with van der Waals surface area (Å²) < 4.78 is 2.00. The zero-order valence-corrected chi connectivity index (χ0v) is 13.2. The fourth-order valence-electron chi connectivity index (χ4n) is 2.76. The van der Waals surface area contributed by atoms with Gasteiger partial charge in [-0.25, -0.2) is 0 Å². The lowest BCUT2D eigenvalue weighted by Crippen LogP contribution is -2.24. The van der Waals surface area contributed by atoms with Crippen molar-refractivity contribution in [2.24, 2.45) is 7.05 Å². The lowest BCUT2D eigenvalue weighted by molar-refractivity contribution is 0.571. The van der Waals surface area contributed by atoms with E-state index in [0.717, 1.165) is 18.7 Å². The molecule has 1 aromatic heterocycles. The molecule has 0 fully saturated rings. The van der Waals surface area contributed by atoms with Gasteiger partial charge in [0.2, 0.25) is 0 Å². The van der Waals surface area contributed by atoms with Gasteiger partial charge >= 0.3 is 0 Å². The van der Waals surface area contributed by atoms with Crippen molar-refractivity contribution in [2.45, 2.75) is 40.2 Å². The molecule has 2 aromatic rings. The molecule has 0 saturated carbocycles. The summed E-state index contributed by atoms with van der Waals surface area (Å²) in [5.74, 6) is 0. The molecule has 0 aliphatic carbocycles. The van der Waals surface area contributed by atoms with Crippen molar-refractivity contribution >= 4 is 0 Å². The number of aromatic nitrogens is 2. The van der Waals surface area contributed by atoms with Gasteiger partial charge in [-0.05, 0) is 38.4 Å². The number of benzene rings is 1. The van der Waals surface area contributed by atoms with Gasteiger partial charge in [0.15, 0.2) is 0 Å². The highest BCUT2D eigenvalue weighted by Crippen LogP contribution is 2.24. The summed E-state index contributed by atoms with van der Waals surface area (Å²) in [6.45, 7) is 9.53. The molecule has 1 N–H and O–H groups in total. The molecule has 1 unspecified atom stereocenters. The van der Waals surface area contributed by atoms with Crippen LogP contribution in [0, 0.1) is 13.8 Å². The zero-order chi connectivity index (χ0) is 14.7. The second-order valence-electron chi connectivity index (χ2n) is 5.45. The third-order valence-electron chi connectivity index (χ3n) is 3.61. The molecular formula is C17H25N3. The topological polar surface area (TPSA) is 29.9 Å². The van der Waals surface area contributed by atoms with Crippen molar-refractivity contribution in [3.63, 3.8) is 0 Å². The van der Waals surface area contributed by atoms with Gasteiger partial charge < -0.3 is 5.32 Å². The van der Waals surface area contributed by atoms with Crippen LogP contribution in [0.3, 0.4) is 0 Å². The van der Waals surface area contributed by atoms with Crippen molar-refractivity contribution < 1.29 is 0 Å². The molecular weight excluding hydrogens is 246 g/mol. The Labute approximate surface area is 122 Å². The Morgan fingerprint density at radius 3 is 2.25 bits per heavy atom. The number of hydrogen-bond acceptors (Lipinski definition) is 2. The Balaban J connectivity index is 2.46. The highest BCUT2D eigenvalue weighted by molar-refractivity contribution is 5.35. The molecule has 0 amide bonds. The van der Waals surface area contributed by atoms with Gasteiger partial charge in [-0.1, -0.05) is 43.2 Å². The highest BCUT2D eigenvalue weighted by atomic mass is 15.3. The first-order chi connectivity index (χ1) is 9.55. The van der Waals surface area contributed by atoms with Gasteiger partial charge in [0.1, 0.15) is 0 Å². The summed E-state index contributed by atoms with van der Waals surface area (Å²) >= 11 is 0. The van der Waals surface area contributed by atoms with Crippen LogP contribution in [-0.2, 0) is 13.5 Å². The number of nitrogens with zero attached hydrogens (tertiary/aromatic N) is 2. The molecule has 2 rings (SSSR count). The quantitative estimate of drug-likeness (QED) is 0.904. The minimum Gasteiger partial charge on any atom is -0.305 e. The summed E-state index contributed by atoms with van der Waals surface area (Å²) in [5.41, 5.74) is 6.31. The molecule has 108 valence electrons. The molecule has 20 heavy (non-hydrogen) atoms. The Bertz CT molecular complexity index is 564. The molecule has 0 bridgehead atoms. The van der Waals surface area contributed by atoms with Crippen molar-refractivity contribution in [3.8, 4) is 0 Å². The summed E-state index contributed by atoms with van der Waals surface area (Å²) in [6.07, 6.45) is 0.972. The van der Waals surface area contributed by atoms with E-state index < -0.39 is 0 Å². The fraction of sp³-hybridized carbons (Fsp3) is 0.471. The standard InChI is InChI=1S/C17H25N3/c1-6-15-11-16(20(5)19-15)17(18-7-2)14-9-12(3)8-13(4)10-14/h8-11,17-18H,6-7H2,1-5H3. The second kappa shape index (κ2) is 6.23. The van der Waals surface area contributed by atoms with Crippen LogP contribution < -0.4 is 5.32 Å². The monoisotopic (exact) mass is 271 g/mol. The average Bonchev–Trinajstić information content (AvgIpc) is 2.76. The summed E-state index contributed by atoms with van der Waals surface area (Å²) in [4.78, 5) is 0. The van der Waals surface area contributed by atoms with E-state index in [1.165, 1.54) is 22.4 Å². The maximum atomic E-state index is 4.58. The van der Waals surface area contributed by atoms with Crippen LogP contribution in [0.1, 0.15) is 48.0 Å². The Morgan fingerprint density at radius 2 is 1.75 bits per heavy atom. The van der Waals surface area contributed by atoms with E-state index in [1.54, 1.807) is 0 Å². The van der Waals surface area contributed by atoms with Gasteiger partial charge in [0.25, 0.3) is 0 Å². The first-order valence-corrected chi connectivity index (χ1v) is 7.39. The van der Waals surface area contributed by atoms with E-state index in [0.29, 0.717) is 0 Å². The zero-order valence-electron chi connectivity index (χ0n) is 13.2. The molecule has 1 atom stereocenters. The molecule has 1 aromatic carbocycles. The highest BCUT2D eigenvalue weighted by Gasteiger charge is 2.18. The van der Waals surface area contributed by atoms with E-state index >= 15 is 0 Å². The summed E-state index contributed by atoms with van der Waals surface area (Å²) in [7, 11) is 2.03.